The number of carboxylic acids is 1. The average Bonchev–Trinajstić information content (AvgIpc) is 2.43. The van der Waals surface area contributed by atoms with Gasteiger partial charge in [-0.3, -0.25) is 4.79 Å². The SMILES string of the molecule is O=C(O)C(Cc1cccc(F)c1)C1CCOC2(CCC2)C1. The van der Waals surface area contributed by atoms with Crippen LogP contribution < -0.4 is 0 Å². The maximum atomic E-state index is 13.3. The van der Waals surface area contributed by atoms with E-state index >= 15 is 0 Å². The molecule has 3 rings (SSSR count). The molecule has 0 bridgehead atoms. The third-order valence-electron chi connectivity index (χ3n) is 5.03. The Labute approximate surface area is 124 Å². The molecule has 0 aromatic heterocycles. The van der Waals surface area contributed by atoms with Crippen LogP contribution in [0.5, 0.6) is 0 Å². The second-order valence-electron chi connectivity index (χ2n) is 6.42. The Morgan fingerprint density at radius 3 is 2.90 bits per heavy atom. The van der Waals surface area contributed by atoms with Crippen LogP contribution in [0.1, 0.15) is 37.7 Å². The lowest BCUT2D eigenvalue weighted by Crippen LogP contribution is -2.48. The molecular weight excluding hydrogens is 271 g/mol. The highest BCUT2D eigenvalue weighted by Gasteiger charge is 2.45. The zero-order chi connectivity index (χ0) is 14.9. The molecule has 1 aliphatic carbocycles. The first-order chi connectivity index (χ1) is 10.1. The number of rotatable bonds is 4. The van der Waals surface area contributed by atoms with Crippen LogP contribution in [0.3, 0.4) is 0 Å². The maximum absolute atomic E-state index is 13.3. The number of hydrogen-bond donors (Lipinski definition) is 1. The largest absolute Gasteiger partial charge is 0.481 e. The Balaban J connectivity index is 1.73. The molecular formula is C17H21FO3. The average molecular weight is 292 g/mol. The van der Waals surface area contributed by atoms with Crippen molar-refractivity contribution in [1.82, 2.24) is 0 Å². The van der Waals surface area contributed by atoms with E-state index in [2.05, 4.69) is 0 Å². The summed E-state index contributed by atoms with van der Waals surface area (Å²) in [5.74, 6) is -1.41. The van der Waals surface area contributed by atoms with E-state index in [9.17, 15) is 14.3 Å². The smallest absolute Gasteiger partial charge is 0.307 e. The molecule has 0 radical (unpaired) electrons. The number of ether oxygens (including phenoxy) is 1. The normalized spacial score (nSPS) is 25.3. The number of carboxylic acid groups (broad SMARTS) is 1. The summed E-state index contributed by atoms with van der Waals surface area (Å²) in [6, 6.07) is 6.27. The van der Waals surface area contributed by atoms with E-state index in [1.807, 2.05) is 0 Å². The lowest BCUT2D eigenvalue weighted by molar-refractivity contribution is -0.162. The van der Waals surface area contributed by atoms with E-state index in [-0.39, 0.29) is 17.3 Å². The van der Waals surface area contributed by atoms with Gasteiger partial charge in [-0.2, -0.15) is 0 Å². The third kappa shape index (κ3) is 3.10. The van der Waals surface area contributed by atoms with Crippen molar-refractivity contribution < 1.29 is 19.0 Å². The summed E-state index contributed by atoms with van der Waals surface area (Å²) in [7, 11) is 0. The van der Waals surface area contributed by atoms with Crippen LogP contribution in [-0.2, 0) is 16.0 Å². The summed E-state index contributed by atoms with van der Waals surface area (Å²) in [6.45, 7) is 0.650. The van der Waals surface area contributed by atoms with Gasteiger partial charge in [0.05, 0.1) is 11.5 Å². The zero-order valence-corrected chi connectivity index (χ0v) is 12.1. The molecule has 4 heteroatoms. The van der Waals surface area contributed by atoms with Crippen molar-refractivity contribution in [1.29, 1.82) is 0 Å². The summed E-state index contributed by atoms with van der Waals surface area (Å²) < 4.78 is 19.2. The Morgan fingerprint density at radius 1 is 1.48 bits per heavy atom. The van der Waals surface area contributed by atoms with Crippen LogP contribution in [0.4, 0.5) is 4.39 Å². The number of hydrogen-bond acceptors (Lipinski definition) is 2. The van der Waals surface area contributed by atoms with Gasteiger partial charge in [0, 0.05) is 6.61 Å². The van der Waals surface area contributed by atoms with Gasteiger partial charge in [-0.05, 0) is 62.1 Å². The Hall–Kier alpha value is -1.42. The zero-order valence-electron chi connectivity index (χ0n) is 12.1. The standard InChI is InChI=1S/C17H21FO3/c18-14-4-1-3-12(9-14)10-15(16(19)20)13-5-8-21-17(11-13)6-2-7-17/h1,3-4,9,13,15H,2,5-8,10-11H2,(H,19,20). The maximum Gasteiger partial charge on any atom is 0.307 e. The van der Waals surface area contributed by atoms with Crippen LogP contribution in [-0.4, -0.2) is 23.3 Å². The predicted molar refractivity (Wildman–Crippen MR) is 76.5 cm³/mol. The molecule has 114 valence electrons. The van der Waals surface area contributed by atoms with E-state index in [4.69, 9.17) is 4.74 Å². The molecule has 2 aliphatic rings. The molecule has 21 heavy (non-hydrogen) atoms. The summed E-state index contributed by atoms with van der Waals surface area (Å²) in [6.07, 6.45) is 5.29. The van der Waals surface area contributed by atoms with Gasteiger partial charge in [0.15, 0.2) is 0 Å². The molecule has 1 spiro atoms. The van der Waals surface area contributed by atoms with Crippen LogP contribution in [0.15, 0.2) is 24.3 Å². The Kier molecular flexibility index (Phi) is 3.98. The van der Waals surface area contributed by atoms with Crippen molar-refractivity contribution in [3.05, 3.63) is 35.6 Å². The van der Waals surface area contributed by atoms with Crippen LogP contribution in [0.2, 0.25) is 0 Å². The number of benzene rings is 1. The van der Waals surface area contributed by atoms with Crippen molar-refractivity contribution in [3.8, 4) is 0 Å². The first-order valence-electron chi connectivity index (χ1n) is 7.69. The fourth-order valence-electron chi connectivity index (χ4n) is 3.70. The van der Waals surface area contributed by atoms with E-state index in [1.54, 1.807) is 12.1 Å². The van der Waals surface area contributed by atoms with Crippen LogP contribution in [0.25, 0.3) is 0 Å². The topological polar surface area (TPSA) is 46.5 Å². The van der Waals surface area contributed by atoms with E-state index in [1.165, 1.54) is 18.6 Å². The second kappa shape index (κ2) is 5.76. The molecule has 3 nitrogen and oxygen atoms in total. The molecule has 2 atom stereocenters. The molecule has 1 aliphatic heterocycles. The Morgan fingerprint density at radius 2 is 2.29 bits per heavy atom. The van der Waals surface area contributed by atoms with E-state index in [0.29, 0.717) is 13.0 Å². The van der Waals surface area contributed by atoms with Gasteiger partial charge in [-0.25, -0.2) is 4.39 Å². The molecule has 0 amide bonds. The lowest BCUT2D eigenvalue weighted by Gasteiger charge is -2.48. The highest BCUT2D eigenvalue weighted by atomic mass is 19.1. The fourth-order valence-corrected chi connectivity index (χ4v) is 3.70. The molecule has 1 saturated carbocycles. The lowest BCUT2D eigenvalue weighted by atomic mass is 9.68. The third-order valence-corrected chi connectivity index (χ3v) is 5.03. The van der Waals surface area contributed by atoms with E-state index in [0.717, 1.165) is 31.2 Å². The van der Waals surface area contributed by atoms with Crippen molar-refractivity contribution >= 4 is 5.97 Å². The monoisotopic (exact) mass is 292 g/mol. The second-order valence-corrected chi connectivity index (χ2v) is 6.42. The molecule has 2 unspecified atom stereocenters. The van der Waals surface area contributed by atoms with Gasteiger partial charge in [0.1, 0.15) is 5.82 Å². The molecule has 1 N–H and O–H groups in total. The van der Waals surface area contributed by atoms with Gasteiger partial charge in [0.25, 0.3) is 0 Å². The molecule has 1 heterocycles. The molecule has 1 aromatic rings. The van der Waals surface area contributed by atoms with Crippen molar-refractivity contribution in [2.45, 2.75) is 44.1 Å². The minimum Gasteiger partial charge on any atom is -0.481 e. The van der Waals surface area contributed by atoms with Gasteiger partial charge in [-0.1, -0.05) is 12.1 Å². The van der Waals surface area contributed by atoms with Crippen LogP contribution in [0, 0.1) is 17.7 Å². The van der Waals surface area contributed by atoms with Gasteiger partial charge in [-0.15, -0.1) is 0 Å². The first-order valence-corrected chi connectivity index (χ1v) is 7.69. The minimum absolute atomic E-state index is 0.0570. The molecule has 1 aromatic carbocycles. The highest BCUT2D eigenvalue weighted by Crippen LogP contribution is 2.46. The van der Waals surface area contributed by atoms with Crippen molar-refractivity contribution in [3.63, 3.8) is 0 Å². The number of carbonyl (C=O) groups is 1. The van der Waals surface area contributed by atoms with Crippen molar-refractivity contribution in [2.24, 2.45) is 11.8 Å². The van der Waals surface area contributed by atoms with Crippen LogP contribution >= 0.6 is 0 Å². The fraction of sp³-hybridized carbons (Fsp3) is 0.588. The summed E-state index contributed by atoms with van der Waals surface area (Å²) in [4.78, 5) is 11.7. The van der Waals surface area contributed by atoms with Crippen molar-refractivity contribution in [2.75, 3.05) is 6.61 Å². The Bertz CT molecular complexity index is 525. The first kappa shape index (κ1) is 14.5. The van der Waals surface area contributed by atoms with E-state index < -0.39 is 11.9 Å². The number of aliphatic carboxylic acids is 1. The predicted octanol–water partition coefficient (Wildman–Crippen LogP) is 3.42. The summed E-state index contributed by atoms with van der Waals surface area (Å²) in [5.41, 5.74) is 0.704. The molecule has 1 saturated heterocycles. The minimum atomic E-state index is -0.777. The summed E-state index contributed by atoms with van der Waals surface area (Å²) in [5, 5.41) is 9.58. The van der Waals surface area contributed by atoms with Gasteiger partial charge < -0.3 is 9.84 Å². The van der Waals surface area contributed by atoms with Gasteiger partial charge >= 0.3 is 5.97 Å². The summed E-state index contributed by atoms with van der Waals surface area (Å²) >= 11 is 0. The van der Waals surface area contributed by atoms with Gasteiger partial charge in [0.2, 0.25) is 0 Å². The molecule has 2 fully saturated rings. The number of halogens is 1. The quantitative estimate of drug-likeness (QED) is 0.925. The highest BCUT2D eigenvalue weighted by molar-refractivity contribution is 5.70.